The Labute approximate surface area is 93.3 Å². The predicted molar refractivity (Wildman–Crippen MR) is 65.1 cm³/mol. The molecule has 0 aliphatic rings. The van der Waals surface area contributed by atoms with E-state index in [1.165, 1.54) is 11.6 Å². The van der Waals surface area contributed by atoms with Crippen LogP contribution in [0.1, 0.15) is 13.3 Å². The zero-order valence-electron chi connectivity index (χ0n) is 7.92. The Kier molecular flexibility index (Phi) is 8.74. The van der Waals surface area contributed by atoms with Crippen LogP contribution in [0.4, 0.5) is 0 Å². The van der Waals surface area contributed by atoms with Crippen molar-refractivity contribution in [3.05, 3.63) is 0 Å². The van der Waals surface area contributed by atoms with Gasteiger partial charge in [-0.1, -0.05) is 0 Å². The van der Waals surface area contributed by atoms with Gasteiger partial charge < -0.3 is 0 Å². The zero-order chi connectivity index (χ0) is 9.40. The summed E-state index contributed by atoms with van der Waals surface area (Å²) in [7, 11) is 0. The number of halogens is 1. The Balaban J connectivity index is 3.36. The van der Waals surface area contributed by atoms with Crippen LogP contribution in [-0.4, -0.2) is 31.3 Å². The third kappa shape index (κ3) is 10.7. The van der Waals surface area contributed by atoms with E-state index in [2.05, 4.69) is 50.0 Å². The fourth-order valence-corrected chi connectivity index (χ4v) is 2.38. The Morgan fingerprint density at radius 3 is 2.67 bits per heavy atom. The fraction of sp³-hybridized carbons (Fsp3) is 0.875. The maximum absolute atomic E-state index is 4.09. The van der Waals surface area contributed by atoms with Gasteiger partial charge in [0, 0.05) is 0 Å². The molecule has 0 aromatic heterocycles. The third-order valence-electron chi connectivity index (χ3n) is 1.18. The van der Waals surface area contributed by atoms with Crippen molar-refractivity contribution >= 4 is 43.3 Å². The number of rotatable bonds is 5. The van der Waals surface area contributed by atoms with Gasteiger partial charge >= 0.3 is 93.8 Å². The van der Waals surface area contributed by atoms with Gasteiger partial charge in [-0.25, -0.2) is 0 Å². The van der Waals surface area contributed by atoms with Crippen LogP contribution in [0.15, 0.2) is 9.98 Å². The van der Waals surface area contributed by atoms with Crippen molar-refractivity contribution in [2.75, 3.05) is 6.54 Å². The first-order chi connectivity index (χ1) is 5.63. The molecule has 0 bridgehead atoms. The molecule has 0 spiro atoms. The molecule has 12 heavy (non-hydrogen) atoms. The van der Waals surface area contributed by atoms with Crippen molar-refractivity contribution in [3.8, 4) is 0 Å². The maximum atomic E-state index is 4.09. The molecule has 0 aliphatic heterocycles. The van der Waals surface area contributed by atoms with Crippen LogP contribution in [0.25, 0.3) is 0 Å². The molecule has 0 rings (SSSR count). The van der Waals surface area contributed by atoms with Crippen LogP contribution in [0.2, 0.25) is 16.6 Å². The molecule has 0 aliphatic carbocycles. The second-order valence-electron chi connectivity index (χ2n) is 2.84. The number of aliphatic imine (C=N–C) groups is 2. The van der Waals surface area contributed by atoms with Gasteiger partial charge in [0.2, 0.25) is 0 Å². The van der Waals surface area contributed by atoms with Crippen molar-refractivity contribution in [2.45, 2.75) is 34.0 Å². The molecular formula is C8H16AsIN2. The molecule has 1 unspecified atom stereocenters. The Hall–Kier alpha value is 0.668. The van der Waals surface area contributed by atoms with Crippen molar-refractivity contribution in [1.29, 1.82) is 0 Å². The summed E-state index contributed by atoms with van der Waals surface area (Å²) < 4.78 is 0.297. The van der Waals surface area contributed by atoms with E-state index >= 15 is 0 Å². The molecule has 0 fully saturated rings. The summed E-state index contributed by atoms with van der Waals surface area (Å²) >= 11 is 1.81. The molecule has 0 amide bonds. The molecule has 70 valence electrons. The van der Waals surface area contributed by atoms with Crippen LogP contribution in [0.3, 0.4) is 0 Å². The summed E-state index contributed by atoms with van der Waals surface area (Å²) in [5.41, 5.74) is 4.75. The quantitative estimate of drug-likeness (QED) is 0.183. The molecule has 2 nitrogen and oxygen atoms in total. The number of hydrogen-bond donors (Lipinski definition) is 0. The summed E-state index contributed by atoms with van der Waals surface area (Å²) in [5.74, 6) is 0. The van der Waals surface area contributed by atoms with E-state index in [1.807, 2.05) is 6.92 Å². The second kappa shape index (κ2) is 8.28. The van der Waals surface area contributed by atoms with E-state index in [-0.39, 0.29) is 0 Å². The van der Waals surface area contributed by atoms with Crippen LogP contribution < -0.4 is 0 Å². The van der Waals surface area contributed by atoms with Crippen molar-refractivity contribution in [2.24, 2.45) is 9.98 Å². The number of hydrogen-bond acceptors (Lipinski definition) is 2. The van der Waals surface area contributed by atoms with E-state index in [9.17, 15) is 0 Å². The van der Waals surface area contributed by atoms with Gasteiger partial charge in [0.15, 0.2) is 0 Å². The van der Waals surface area contributed by atoms with E-state index in [0.29, 0.717) is 4.05 Å². The first-order valence-corrected chi connectivity index (χ1v) is 10.4. The topological polar surface area (TPSA) is 24.7 Å². The van der Waals surface area contributed by atoms with Gasteiger partial charge in [-0.05, 0) is 0 Å². The summed E-state index contributed by atoms with van der Waals surface area (Å²) in [6, 6.07) is 2.72. The predicted octanol–water partition coefficient (Wildman–Crippen LogP) is 3.09. The van der Waals surface area contributed by atoms with E-state index in [0.717, 1.165) is 6.54 Å². The van der Waals surface area contributed by atoms with E-state index in [1.54, 1.807) is 0 Å². The normalized spacial score (nSPS) is 12.4. The minimum absolute atomic E-state index is 0.297. The SMILES string of the molecule is CC(I)N=C=NCCC[As](C)C. The third-order valence-corrected chi connectivity index (χ3v) is 4.00. The first kappa shape index (κ1) is 12.7. The number of nitrogens with zero attached hydrogens (tertiary/aromatic N) is 2. The monoisotopic (exact) mass is 342 g/mol. The van der Waals surface area contributed by atoms with Crippen LogP contribution >= 0.6 is 22.6 Å². The van der Waals surface area contributed by atoms with E-state index in [4.69, 9.17) is 0 Å². The minimum atomic E-state index is -0.419. The Bertz CT molecular complexity index is 162. The van der Waals surface area contributed by atoms with Gasteiger partial charge in [-0.15, -0.1) is 0 Å². The zero-order valence-corrected chi connectivity index (χ0v) is 12.0. The number of alkyl halides is 1. The molecule has 0 aromatic rings. The van der Waals surface area contributed by atoms with Crippen molar-refractivity contribution in [1.82, 2.24) is 0 Å². The van der Waals surface area contributed by atoms with Gasteiger partial charge in [0.25, 0.3) is 0 Å². The summed E-state index contributed by atoms with van der Waals surface area (Å²) in [6.07, 6.45) is 1.21. The molecule has 0 saturated carbocycles. The molecule has 4 heteroatoms. The molecule has 0 N–H and O–H groups in total. The molecule has 0 aromatic carbocycles. The Morgan fingerprint density at radius 2 is 2.17 bits per heavy atom. The average Bonchev–Trinajstić information content (AvgIpc) is 1.95. The van der Waals surface area contributed by atoms with Gasteiger partial charge in [0.05, 0.1) is 0 Å². The molecule has 0 saturated heterocycles. The standard InChI is InChI=1S/C8H16AsIN2/c1-8(10)12-7-11-6-4-5-9(2)3/h8H,4-6H2,1-3H3. The van der Waals surface area contributed by atoms with Gasteiger partial charge in [-0.3, -0.25) is 0 Å². The second-order valence-corrected chi connectivity index (χ2v) is 10.1. The van der Waals surface area contributed by atoms with E-state index < -0.39 is 14.7 Å². The summed E-state index contributed by atoms with van der Waals surface area (Å²) in [5, 5.41) is 1.39. The summed E-state index contributed by atoms with van der Waals surface area (Å²) in [4.78, 5) is 8.11. The summed E-state index contributed by atoms with van der Waals surface area (Å²) in [6.45, 7) is 2.92. The average molecular weight is 342 g/mol. The molecular weight excluding hydrogens is 326 g/mol. The fourth-order valence-electron chi connectivity index (χ4n) is 0.636. The van der Waals surface area contributed by atoms with Gasteiger partial charge in [-0.2, -0.15) is 0 Å². The Morgan fingerprint density at radius 1 is 1.50 bits per heavy atom. The van der Waals surface area contributed by atoms with Crippen molar-refractivity contribution < 1.29 is 0 Å². The molecule has 1 atom stereocenters. The van der Waals surface area contributed by atoms with Crippen molar-refractivity contribution in [3.63, 3.8) is 0 Å². The van der Waals surface area contributed by atoms with Gasteiger partial charge in [0.1, 0.15) is 0 Å². The molecule has 0 radical (unpaired) electrons. The molecule has 0 heterocycles. The van der Waals surface area contributed by atoms with Crippen LogP contribution in [0.5, 0.6) is 0 Å². The van der Waals surface area contributed by atoms with Crippen LogP contribution in [0, 0.1) is 0 Å². The van der Waals surface area contributed by atoms with Crippen LogP contribution in [-0.2, 0) is 0 Å². The first-order valence-electron chi connectivity index (χ1n) is 4.03.